The third-order valence-corrected chi connectivity index (χ3v) is 0.563. The van der Waals surface area contributed by atoms with Crippen LogP contribution >= 0.6 is 0 Å². The van der Waals surface area contributed by atoms with Crippen molar-refractivity contribution in [3.8, 4) is 0 Å². The molecule has 0 aliphatic heterocycles. The Morgan fingerprint density at radius 1 is 0.917 bits per heavy atom. The molecule has 0 bridgehead atoms. The van der Waals surface area contributed by atoms with Crippen molar-refractivity contribution in [2.24, 2.45) is 0 Å². The summed E-state index contributed by atoms with van der Waals surface area (Å²) in [4.78, 5) is 0. The number of halogens is 2. The Bertz CT molecular complexity index is 81.1. The second-order valence-corrected chi connectivity index (χ2v) is 1.44. The predicted octanol–water partition coefficient (Wildman–Crippen LogP) is -2.63. The quantitative estimate of drug-likeness (QED) is 0.306. The first-order valence-corrected chi connectivity index (χ1v) is 3.19. The smallest absolute Gasteiger partial charge is 0.458 e. The minimum absolute atomic E-state index is 0. The van der Waals surface area contributed by atoms with E-state index in [4.69, 9.17) is 0 Å². The zero-order valence-electron chi connectivity index (χ0n) is 8.32. The summed E-state index contributed by atoms with van der Waals surface area (Å²) in [5.74, 6) is 0. The fraction of sp³-hybridized carbons (Fsp3) is 0.500. The van der Waals surface area contributed by atoms with Gasteiger partial charge in [-0.3, -0.25) is 0 Å². The van der Waals surface area contributed by atoms with E-state index in [0.717, 1.165) is 12.8 Å². The molecule has 0 aliphatic carbocycles. The normalized spacial score (nSPS) is 8.33. The SMILES string of the molecule is CCC=[C-]F.CCC=[C-]F.[Li+].[Li+]. The Hall–Kier alpha value is 0.535. The predicted molar refractivity (Wildman–Crippen MR) is 38.4 cm³/mol. The van der Waals surface area contributed by atoms with Gasteiger partial charge in [0.1, 0.15) is 0 Å². The van der Waals surface area contributed by atoms with Crippen LogP contribution in [0.25, 0.3) is 0 Å². The Labute approximate surface area is 97.8 Å². The molecule has 0 amide bonds. The average molecular weight is 160 g/mol. The van der Waals surface area contributed by atoms with Crippen LogP contribution in [0.2, 0.25) is 0 Å². The number of rotatable bonds is 2. The summed E-state index contributed by atoms with van der Waals surface area (Å²) >= 11 is 0. The van der Waals surface area contributed by atoms with Crippen LogP contribution in [0.5, 0.6) is 0 Å². The van der Waals surface area contributed by atoms with Gasteiger partial charge in [0.15, 0.2) is 0 Å². The molecule has 0 rings (SSSR count). The van der Waals surface area contributed by atoms with Crippen molar-refractivity contribution >= 4 is 0 Å². The summed E-state index contributed by atoms with van der Waals surface area (Å²) in [6.45, 7) is 3.71. The summed E-state index contributed by atoms with van der Waals surface area (Å²) in [5.41, 5.74) is 0. The van der Waals surface area contributed by atoms with Gasteiger partial charge in [-0.25, -0.2) is 12.2 Å². The van der Waals surface area contributed by atoms with Crippen LogP contribution in [0.1, 0.15) is 26.7 Å². The molecule has 4 heteroatoms. The molecule has 0 aliphatic rings. The van der Waals surface area contributed by atoms with E-state index in [1.165, 1.54) is 24.8 Å². The molecule has 0 fully saturated rings. The molecule has 0 aromatic heterocycles. The molecule has 0 unspecified atom stereocenters. The van der Waals surface area contributed by atoms with E-state index in [-0.39, 0.29) is 37.7 Å². The van der Waals surface area contributed by atoms with Crippen LogP contribution in [0.4, 0.5) is 8.78 Å². The van der Waals surface area contributed by atoms with Crippen molar-refractivity contribution in [3.63, 3.8) is 0 Å². The molecular formula is C8H12F2Li2. The summed E-state index contributed by atoms with van der Waals surface area (Å²) in [7, 11) is 0. The molecule has 0 aromatic rings. The first-order chi connectivity index (χ1) is 4.83. The zero-order chi connectivity index (χ0) is 8.24. The van der Waals surface area contributed by atoms with E-state index in [9.17, 15) is 8.78 Å². The molecule has 0 heterocycles. The summed E-state index contributed by atoms with van der Waals surface area (Å²) in [6, 6.07) is 0. The third kappa shape index (κ3) is 46.6. The maximum absolute atomic E-state index is 10.7. The van der Waals surface area contributed by atoms with Crippen LogP contribution in [-0.4, -0.2) is 0 Å². The second-order valence-electron chi connectivity index (χ2n) is 1.44. The van der Waals surface area contributed by atoms with Gasteiger partial charge in [-0.05, 0) is 0 Å². The standard InChI is InChI=1S/2C4H6F.2Li/c2*1-2-3-4-5;;/h2*3H,2H2,1H3;;/q2*-1;2*+1. The third-order valence-electron chi connectivity index (χ3n) is 0.563. The van der Waals surface area contributed by atoms with Crippen LogP contribution in [0.3, 0.4) is 0 Å². The van der Waals surface area contributed by atoms with Crippen molar-refractivity contribution < 1.29 is 46.5 Å². The molecule has 0 radical (unpaired) electrons. The van der Waals surface area contributed by atoms with Gasteiger partial charge in [0.05, 0.1) is 0 Å². The summed E-state index contributed by atoms with van der Waals surface area (Å²) in [6.07, 6.45) is 6.92. The maximum Gasteiger partial charge on any atom is 1.00 e. The topological polar surface area (TPSA) is 0 Å². The fourth-order valence-electron chi connectivity index (χ4n) is 0.154. The van der Waals surface area contributed by atoms with Gasteiger partial charge in [-0.1, -0.05) is 26.7 Å². The van der Waals surface area contributed by atoms with E-state index >= 15 is 0 Å². The van der Waals surface area contributed by atoms with Crippen LogP contribution < -0.4 is 37.7 Å². The summed E-state index contributed by atoms with van der Waals surface area (Å²) in [5, 5.41) is 0. The summed E-state index contributed by atoms with van der Waals surface area (Å²) < 4.78 is 21.4. The van der Waals surface area contributed by atoms with Gasteiger partial charge in [-0.2, -0.15) is 0 Å². The molecule has 0 N–H and O–H groups in total. The Balaban J connectivity index is -0.0000000457. The zero-order valence-corrected chi connectivity index (χ0v) is 8.32. The molecular weight excluding hydrogens is 148 g/mol. The molecule has 0 saturated carbocycles. The monoisotopic (exact) mass is 160 g/mol. The van der Waals surface area contributed by atoms with E-state index in [1.807, 2.05) is 13.8 Å². The molecule has 0 atom stereocenters. The van der Waals surface area contributed by atoms with Crippen molar-refractivity contribution in [2.75, 3.05) is 0 Å². The second kappa shape index (κ2) is 30.0. The van der Waals surface area contributed by atoms with Crippen LogP contribution in [-0.2, 0) is 0 Å². The van der Waals surface area contributed by atoms with E-state index < -0.39 is 0 Å². The average Bonchev–Trinajstić information content (AvgIpc) is 1.93. The van der Waals surface area contributed by atoms with Gasteiger partial charge in [-0.15, -0.1) is 0 Å². The van der Waals surface area contributed by atoms with Crippen LogP contribution in [0.15, 0.2) is 12.2 Å². The minimum atomic E-state index is 0. The van der Waals surface area contributed by atoms with Crippen molar-refractivity contribution in [2.45, 2.75) is 26.7 Å². The Kier molecular flexibility index (Phi) is 57.2. The van der Waals surface area contributed by atoms with E-state index in [1.54, 1.807) is 0 Å². The molecule has 0 spiro atoms. The number of allylic oxidation sites excluding steroid dienone is 2. The molecule has 60 valence electrons. The van der Waals surface area contributed by atoms with Crippen molar-refractivity contribution in [1.29, 1.82) is 0 Å². The van der Waals surface area contributed by atoms with Gasteiger partial charge in [0.2, 0.25) is 0 Å². The molecule has 0 saturated heterocycles. The minimum Gasteiger partial charge on any atom is -0.458 e. The van der Waals surface area contributed by atoms with Crippen LogP contribution in [0, 0.1) is 12.7 Å². The first-order valence-electron chi connectivity index (χ1n) is 3.19. The fourth-order valence-corrected chi connectivity index (χ4v) is 0.154. The van der Waals surface area contributed by atoms with Gasteiger partial charge >= 0.3 is 37.7 Å². The van der Waals surface area contributed by atoms with Gasteiger partial charge < -0.3 is 21.4 Å². The largest absolute Gasteiger partial charge is 1.00 e. The molecule has 0 nitrogen and oxygen atoms in total. The molecule has 12 heavy (non-hydrogen) atoms. The number of hydrogen-bond donors (Lipinski definition) is 0. The number of hydrogen-bond acceptors (Lipinski definition) is 0. The van der Waals surface area contributed by atoms with Gasteiger partial charge in [0, 0.05) is 0 Å². The van der Waals surface area contributed by atoms with Crippen molar-refractivity contribution in [3.05, 3.63) is 24.8 Å². The van der Waals surface area contributed by atoms with E-state index in [0.29, 0.717) is 0 Å². The van der Waals surface area contributed by atoms with Gasteiger partial charge in [0.25, 0.3) is 0 Å². The Morgan fingerprint density at radius 3 is 1.17 bits per heavy atom. The van der Waals surface area contributed by atoms with E-state index in [2.05, 4.69) is 0 Å². The molecule has 0 aromatic carbocycles. The maximum atomic E-state index is 10.7. The Morgan fingerprint density at radius 2 is 1.17 bits per heavy atom. The van der Waals surface area contributed by atoms with Crippen molar-refractivity contribution in [1.82, 2.24) is 0 Å². The first kappa shape index (κ1) is 22.9.